The van der Waals surface area contributed by atoms with Crippen LogP contribution in [0.5, 0.6) is 0 Å². The molecule has 0 fully saturated rings. The Balaban J connectivity index is 2.78. The first-order chi connectivity index (χ1) is 10.9. The summed E-state index contributed by atoms with van der Waals surface area (Å²) >= 11 is 0. The molecule has 7 nitrogen and oxygen atoms in total. The van der Waals surface area contributed by atoms with E-state index >= 15 is 0 Å². The Hall–Kier alpha value is -2.41. The number of ether oxygens (including phenoxy) is 2. The summed E-state index contributed by atoms with van der Waals surface area (Å²) in [6.07, 6.45) is -1.41. The van der Waals surface area contributed by atoms with Crippen LogP contribution in [0.1, 0.15) is 25.0 Å². The molecule has 0 aliphatic carbocycles. The Labute approximate surface area is 134 Å². The summed E-state index contributed by atoms with van der Waals surface area (Å²) in [7, 11) is 2.42. The first kappa shape index (κ1) is 18.6. The lowest BCUT2D eigenvalue weighted by molar-refractivity contribution is -0.149. The molecule has 0 spiro atoms. The van der Waals surface area contributed by atoms with Crippen LogP contribution in [0.4, 0.5) is 0 Å². The van der Waals surface area contributed by atoms with Crippen molar-refractivity contribution in [2.75, 3.05) is 14.2 Å². The fourth-order valence-electron chi connectivity index (χ4n) is 2.04. The second-order valence-electron chi connectivity index (χ2n) is 5.06. The highest BCUT2D eigenvalue weighted by Gasteiger charge is 2.29. The largest absolute Gasteiger partial charge is 0.469 e. The Bertz CT molecular complexity index is 545. The van der Waals surface area contributed by atoms with Crippen molar-refractivity contribution < 1.29 is 29.0 Å². The molecule has 7 heteroatoms. The summed E-state index contributed by atoms with van der Waals surface area (Å²) in [5.74, 6) is -2.56. The standard InChI is InChI=1S/C16H21NO6/c1-10(15(20)22-2)9-12(16(21)23-3)17-14(19)13(18)11-7-5-4-6-8-11/h4-8,10,12-13,18H,9H2,1-3H3,(H,17,19)/t10-,12-,13+/m1/s1. The molecule has 2 N–H and O–H groups in total. The Kier molecular flexibility index (Phi) is 7.21. The van der Waals surface area contributed by atoms with Gasteiger partial charge in [0.1, 0.15) is 6.04 Å². The highest BCUT2D eigenvalue weighted by Crippen LogP contribution is 2.14. The molecule has 1 rings (SSSR count). The van der Waals surface area contributed by atoms with Crippen LogP contribution >= 0.6 is 0 Å². The number of aliphatic hydroxyl groups excluding tert-OH is 1. The quantitative estimate of drug-likeness (QED) is 0.712. The predicted octanol–water partition coefficient (Wildman–Crippen LogP) is 0.577. The van der Waals surface area contributed by atoms with Gasteiger partial charge in [0.2, 0.25) is 0 Å². The molecule has 3 atom stereocenters. The van der Waals surface area contributed by atoms with Crippen LogP contribution in [0, 0.1) is 5.92 Å². The summed E-state index contributed by atoms with van der Waals surface area (Å²) in [4.78, 5) is 35.4. The van der Waals surface area contributed by atoms with E-state index in [0.29, 0.717) is 5.56 Å². The van der Waals surface area contributed by atoms with Gasteiger partial charge in [-0.2, -0.15) is 0 Å². The van der Waals surface area contributed by atoms with E-state index in [1.807, 2.05) is 0 Å². The minimum atomic E-state index is -1.42. The number of nitrogens with one attached hydrogen (secondary N) is 1. The zero-order valence-corrected chi connectivity index (χ0v) is 13.3. The Morgan fingerprint density at radius 3 is 2.17 bits per heavy atom. The third-order valence-corrected chi connectivity index (χ3v) is 3.36. The topological polar surface area (TPSA) is 102 Å². The summed E-state index contributed by atoms with van der Waals surface area (Å²) in [5.41, 5.74) is 0.398. The van der Waals surface area contributed by atoms with E-state index in [4.69, 9.17) is 0 Å². The first-order valence-corrected chi connectivity index (χ1v) is 7.09. The summed E-state index contributed by atoms with van der Waals surface area (Å²) < 4.78 is 9.22. The molecular weight excluding hydrogens is 302 g/mol. The number of methoxy groups -OCH3 is 2. The molecule has 23 heavy (non-hydrogen) atoms. The van der Waals surface area contributed by atoms with E-state index in [1.165, 1.54) is 14.2 Å². The molecule has 0 aliphatic rings. The number of aliphatic hydroxyl groups is 1. The maximum absolute atomic E-state index is 12.1. The van der Waals surface area contributed by atoms with E-state index in [9.17, 15) is 19.5 Å². The van der Waals surface area contributed by atoms with Gasteiger partial charge in [0.05, 0.1) is 20.1 Å². The Morgan fingerprint density at radius 1 is 1.09 bits per heavy atom. The molecule has 0 saturated carbocycles. The van der Waals surface area contributed by atoms with Crippen molar-refractivity contribution in [3.63, 3.8) is 0 Å². The van der Waals surface area contributed by atoms with Crippen molar-refractivity contribution in [3.8, 4) is 0 Å². The SMILES string of the molecule is COC(=O)[C@H](C)C[C@@H](NC(=O)[C@@H](O)c1ccccc1)C(=O)OC. The van der Waals surface area contributed by atoms with Crippen molar-refractivity contribution >= 4 is 17.8 Å². The van der Waals surface area contributed by atoms with Crippen molar-refractivity contribution in [2.24, 2.45) is 5.92 Å². The summed E-state index contributed by atoms with van der Waals surface area (Å²) in [6, 6.07) is 7.25. The van der Waals surface area contributed by atoms with Crippen LogP contribution in [0.3, 0.4) is 0 Å². The molecule has 0 heterocycles. The molecule has 0 saturated heterocycles. The number of hydrogen-bond donors (Lipinski definition) is 2. The molecule has 0 aromatic heterocycles. The average molecular weight is 323 g/mol. The van der Waals surface area contributed by atoms with Crippen LogP contribution in [0.25, 0.3) is 0 Å². The summed E-state index contributed by atoms with van der Waals surface area (Å²) in [6.45, 7) is 1.57. The van der Waals surface area contributed by atoms with Crippen LogP contribution in [0.2, 0.25) is 0 Å². The zero-order chi connectivity index (χ0) is 17.4. The first-order valence-electron chi connectivity index (χ1n) is 7.09. The monoisotopic (exact) mass is 323 g/mol. The van der Waals surface area contributed by atoms with Crippen molar-refractivity contribution in [1.29, 1.82) is 0 Å². The second kappa shape index (κ2) is 8.89. The average Bonchev–Trinajstić information content (AvgIpc) is 2.59. The van der Waals surface area contributed by atoms with E-state index in [2.05, 4.69) is 14.8 Å². The fourth-order valence-corrected chi connectivity index (χ4v) is 2.04. The molecule has 0 aliphatic heterocycles. The smallest absolute Gasteiger partial charge is 0.328 e. The molecule has 1 aromatic rings. The molecule has 1 aromatic carbocycles. The number of carbonyl (C=O) groups is 3. The highest BCUT2D eigenvalue weighted by atomic mass is 16.5. The Morgan fingerprint density at radius 2 is 1.65 bits per heavy atom. The van der Waals surface area contributed by atoms with E-state index in [1.54, 1.807) is 37.3 Å². The van der Waals surface area contributed by atoms with Gasteiger partial charge in [-0.05, 0) is 12.0 Å². The highest BCUT2D eigenvalue weighted by molar-refractivity contribution is 5.88. The van der Waals surface area contributed by atoms with Gasteiger partial charge in [-0.3, -0.25) is 9.59 Å². The van der Waals surface area contributed by atoms with Gasteiger partial charge in [-0.15, -0.1) is 0 Å². The van der Waals surface area contributed by atoms with Crippen molar-refractivity contribution in [2.45, 2.75) is 25.5 Å². The molecular formula is C16H21NO6. The number of amides is 1. The van der Waals surface area contributed by atoms with Gasteiger partial charge >= 0.3 is 11.9 Å². The number of benzene rings is 1. The van der Waals surface area contributed by atoms with Gasteiger partial charge in [-0.1, -0.05) is 37.3 Å². The molecule has 0 bridgehead atoms. The van der Waals surface area contributed by atoms with Crippen LogP contribution in [-0.2, 0) is 23.9 Å². The summed E-state index contributed by atoms with van der Waals surface area (Å²) in [5, 5.41) is 12.4. The number of rotatable bonds is 7. The van der Waals surface area contributed by atoms with Crippen LogP contribution < -0.4 is 5.32 Å². The number of carbonyl (C=O) groups excluding carboxylic acids is 3. The molecule has 1 amide bonds. The van der Waals surface area contributed by atoms with Crippen LogP contribution in [-0.4, -0.2) is 43.2 Å². The van der Waals surface area contributed by atoms with Crippen molar-refractivity contribution in [1.82, 2.24) is 5.32 Å². The fraction of sp³-hybridized carbons (Fsp3) is 0.438. The van der Waals surface area contributed by atoms with Gasteiger partial charge in [0, 0.05) is 0 Å². The third-order valence-electron chi connectivity index (χ3n) is 3.36. The minimum Gasteiger partial charge on any atom is -0.469 e. The van der Waals surface area contributed by atoms with Gasteiger partial charge in [0.25, 0.3) is 5.91 Å². The number of esters is 2. The van der Waals surface area contributed by atoms with Gasteiger partial charge < -0.3 is 19.9 Å². The minimum absolute atomic E-state index is 0.00654. The third kappa shape index (κ3) is 5.37. The lowest BCUT2D eigenvalue weighted by Gasteiger charge is -2.21. The lowest BCUT2D eigenvalue weighted by atomic mass is 10.0. The number of hydrogen-bond acceptors (Lipinski definition) is 6. The zero-order valence-electron chi connectivity index (χ0n) is 13.3. The van der Waals surface area contributed by atoms with E-state index < -0.39 is 35.9 Å². The molecule has 126 valence electrons. The molecule has 0 radical (unpaired) electrons. The van der Waals surface area contributed by atoms with Crippen LogP contribution in [0.15, 0.2) is 30.3 Å². The van der Waals surface area contributed by atoms with Crippen molar-refractivity contribution in [3.05, 3.63) is 35.9 Å². The van der Waals surface area contributed by atoms with Gasteiger partial charge in [-0.25, -0.2) is 4.79 Å². The van der Waals surface area contributed by atoms with Gasteiger partial charge in [0.15, 0.2) is 6.10 Å². The maximum atomic E-state index is 12.1. The lowest BCUT2D eigenvalue weighted by Crippen LogP contribution is -2.45. The maximum Gasteiger partial charge on any atom is 0.328 e. The normalized spacial score (nSPS) is 14.3. The second-order valence-corrected chi connectivity index (χ2v) is 5.06. The van der Waals surface area contributed by atoms with E-state index in [0.717, 1.165) is 0 Å². The molecule has 0 unspecified atom stereocenters. The van der Waals surface area contributed by atoms with E-state index in [-0.39, 0.29) is 6.42 Å². The predicted molar refractivity (Wildman–Crippen MR) is 81.1 cm³/mol.